The Morgan fingerprint density at radius 3 is 1.33 bits per heavy atom. The first-order valence-electron chi connectivity index (χ1n) is 15.6. The Labute approximate surface area is 267 Å². The zero-order valence-corrected chi connectivity index (χ0v) is 25.1. The fourth-order valence-electron chi connectivity index (χ4n) is 6.91. The average Bonchev–Trinajstić information content (AvgIpc) is 3.13. The number of benzene rings is 8. The van der Waals surface area contributed by atoms with Gasteiger partial charge in [-0.1, -0.05) is 115 Å². The van der Waals surface area contributed by atoms with Gasteiger partial charge in [-0.2, -0.15) is 0 Å². The molecule has 0 saturated heterocycles. The van der Waals surface area contributed by atoms with Crippen molar-refractivity contribution in [3.63, 3.8) is 0 Å². The molecule has 0 atom stereocenters. The van der Waals surface area contributed by atoms with Crippen molar-refractivity contribution in [2.45, 2.75) is 0 Å². The molecule has 9 rings (SSSR count). The highest BCUT2D eigenvalue weighted by atomic mass is 15.2. The van der Waals surface area contributed by atoms with Crippen molar-refractivity contribution >= 4 is 77.3 Å². The highest BCUT2D eigenvalue weighted by Crippen LogP contribution is 2.47. The maximum atomic E-state index is 4.99. The van der Waals surface area contributed by atoms with Crippen LogP contribution in [0.5, 0.6) is 0 Å². The number of pyridine rings is 1. The highest BCUT2D eigenvalue weighted by molar-refractivity contribution is 6.28. The Morgan fingerprint density at radius 1 is 0.348 bits per heavy atom. The normalized spacial score (nSPS) is 11.5. The van der Waals surface area contributed by atoms with Crippen molar-refractivity contribution in [2.75, 3.05) is 9.80 Å². The topological polar surface area (TPSA) is 19.4 Å². The summed E-state index contributed by atoms with van der Waals surface area (Å²) in [6.07, 6.45) is 1.98. The Hall–Kier alpha value is -6.19. The molecule has 0 aliphatic carbocycles. The Balaban J connectivity index is 1.32. The van der Waals surface area contributed by atoms with E-state index in [4.69, 9.17) is 4.98 Å². The van der Waals surface area contributed by atoms with E-state index in [9.17, 15) is 0 Å². The summed E-state index contributed by atoms with van der Waals surface area (Å²) in [4.78, 5) is 9.65. The quantitative estimate of drug-likeness (QED) is 0.180. The van der Waals surface area contributed by atoms with Gasteiger partial charge >= 0.3 is 0 Å². The van der Waals surface area contributed by atoms with Crippen molar-refractivity contribution in [1.29, 1.82) is 0 Å². The summed E-state index contributed by atoms with van der Waals surface area (Å²) in [6.45, 7) is 0. The molecular weight excluding hydrogens is 558 g/mol. The SMILES string of the molecule is c1ccc(N(c2ccccc2)c2ccc3ccc4c(N(c5ccccc5)c5cc6ccccc6cn5)ccc5ccc2c3c54)cc1. The molecule has 216 valence electrons. The molecule has 0 bridgehead atoms. The molecule has 0 fully saturated rings. The number of fused-ring (bicyclic) bond motifs is 1. The Bertz CT molecular complexity index is 2430. The largest absolute Gasteiger partial charge is 0.310 e. The van der Waals surface area contributed by atoms with Crippen molar-refractivity contribution in [1.82, 2.24) is 4.98 Å². The molecule has 0 unspecified atom stereocenters. The minimum absolute atomic E-state index is 0.889. The molecule has 1 aromatic heterocycles. The molecule has 9 aromatic rings. The molecule has 0 saturated carbocycles. The molecule has 0 N–H and O–H groups in total. The monoisotopic (exact) mass is 587 g/mol. The minimum atomic E-state index is 0.889. The molecular formula is C43H29N3. The summed E-state index contributed by atoms with van der Waals surface area (Å²) in [5, 5.41) is 9.68. The maximum absolute atomic E-state index is 4.99. The first-order valence-corrected chi connectivity index (χ1v) is 15.6. The maximum Gasteiger partial charge on any atom is 0.138 e. The number of anilines is 6. The number of aromatic nitrogens is 1. The van der Waals surface area contributed by atoms with Gasteiger partial charge in [0.25, 0.3) is 0 Å². The predicted octanol–water partition coefficient (Wildman–Crippen LogP) is 12.1. The van der Waals surface area contributed by atoms with Crippen LogP contribution in [0.3, 0.4) is 0 Å². The summed E-state index contributed by atoms with van der Waals surface area (Å²) < 4.78 is 0. The summed E-state index contributed by atoms with van der Waals surface area (Å²) >= 11 is 0. The molecule has 0 spiro atoms. The van der Waals surface area contributed by atoms with Gasteiger partial charge in [-0.25, -0.2) is 4.98 Å². The number of rotatable bonds is 6. The zero-order valence-electron chi connectivity index (χ0n) is 25.1. The summed E-state index contributed by atoms with van der Waals surface area (Å²) in [5.41, 5.74) is 5.58. The van der Waals surface area contributed by atoms with Gasteiger partial charge in [0.1, 0.15) is 5.82 Å². The first-order chi connectivity index (χ1) is 22.8. The predicted molar refractivity (Wildman–Crippen MR) is 195 cm³/mol. The van der Waals surface area contributed by atoms with Crippen molar-refractivity contribution in [3.05, 3.63) is 176 Å². The van der Waals surface area contributed by atoms with Crippen molar-refractivity contribution in [3.8, 4) is 0 Å². The lowest BCUT2D eigenvalue weighted by Gasteiger charge is -2.29. The number of para-hydroxylation sites is 3. The van der Waals surface area contributed by atoms with Crippen LogP contribution in [0.15, 0.2) is 176 Å². The molecule has 0 aliphatic rings. The third-order valence-corrected chi connectivity index (χ3v) is 8.99. The molecule has 46 heavy (non-hydrogen) atoms. The van der Waals surface area contributed by atoms with E-state index in [0.717, 1.165) is 45.0 Å². The summed E-state index contributed by atoms with van der Waals surface area (Å²) in [5.74, 6) is 0.889. The van der Waals surface area contributed by atoms with Crippen LogP contribution < -0.4 is 9.80 Å². The molecule has 3 nitrogen and oxygen atoms in total. The lowest BCUT2D eigenvalue weighted by molar-refractivity contribution is 1.20. The van der Waals surface area contributed by atoms with E-state index >= 15 is 0 Å². The van der Waals surface area contributed by atoms with E-state index in [-0.39, 0.29) is 0 Å². The minimum Gasteiger partial charge on any atom is -0.310 e. The fraction of sp³-hybridized carbons (Fsp3) is 0. The summed E-state index contributed by atoms with van der Waals surface area (Å²) in [6, 6.07) is 60.6. The van der Waals surface area contributed by atoms with E-state index in [1.54, 1.807) is 0 Å². The van der Waals surface area contributed by atoms with Crippen LogP contribution >= 0.6 is 0 Å². The highest BCUT2D eigenvalue weighted by Gasteiger charge is 2.22. The molecule has 0 amide bonds. The Kier molecular flexibility index (Phi) is 6.14. The van der Waals surface area contributed by atoms with E-state index in [1.807, 2.05) is 6.20 Å². The number of nitrogens with zero attached hydrogens (tertiary/aromatic N) is 3. The third kappa shape index (κ3) is 4.25. The number of hydrogen-bond acceptors (Lipinski definition) is 3. The van der Waals surface area contributed by atoms with E-state index in [2.05, 4.69) is 180 Å². The molecule has 0 aliphatic heterocycles. The lowest BCUT2D eigenvalue weighted by Crippen LogP contribution is -2.12. The van der Waals surface area contributed by atoms with Gasteiger partial charge in [-0.3, -0.25) is 4.90 Å². The second-order valence-electron chi connectivity index (χ2n) is 11.7. The summed E-state index contributed by atoms with van der Waals surface area (Å²) in [7, 11) is 0. The van der Waals surface area contributed by atoms with Crippen LogP contribution in [-0.2, 0) is 0 Å². The smallest absolute Gasteiger partial charge is 0.138 e. The van der Waals surface area contributed by atoms with Crippen LogP contribution in [0.1, 0.15) is 0 Å². The molecule has 0 radical (unpaired) electrons. The van der Waals surface area contributed by atoms with E-state index in [1.165, 1.54) is 32.3 Å². The first kappa shape index (κ1) is 26.2. The second kappa shape index (κ2) is 10.8. The van der Waals surface area contributed by atoms with Gasteiger partial charge in [0.2, 0.25) is 0 Å². The van der Waals surface area contributed by atoms with Gasteiger partial charge in [0.15, 0.2) is 0 Å². The van der Waals surface area contributed by atoms with Crippen LogP contribution in [0, 0.1) is 0 Å². The van der Waals surface area contributed by atoms with Crippen LogP contribution in [-0.4, -0.2) is 4.98 Å². The molecule has 1 heterocycles. The Morgan fingerprint density at radius 2 is 0.783 bits per heavy atom. The lowest BCUT2D eigenvalue weighted by atomic mass is 9.92. The second-order valence-corrected chi connectivity index (χ2v) is 11.7. The third-order valence-electron chi connectivity index (χ3n) is 8.99. The van der Waals surface area contributed by atoms with Crippen LogP contribution in [0.2, 0.25) is 0 Å². The number of hydrogen-bond donors (Lipinski definition) is 0. The molecule has 8 aromatic carbocycles. The van der Waals surface area contributed by atoms with Gasteiger partial charge in [-0.15, -0.1) is 0 Å². The van der Waals surface area contributed by atoms with Crippen LogP contribution in [0.25, 0.3) is 43.1 Å². The van der Waals surface area contributed by atoms with Crippen LogP contribution in [0.4, 0.5) is 34.3 Å². The van der Waals surface area contributed by atoms with Gasteiger partial charge in [0, 0.05) is 39.4 Å². The average molecular weight is 588 g/mol. The zero-order chi connectivity index (χ0) is 30.5. The standard InChI is InChI=1S/C43H29N3/c1-4-14-34(15-5-1)45(35-16-6-2-7-17-35)39-26-22-30-21-25-38-40(27-23-31-20-24-37(39)42(30)43(31)38)46(36-18-8-3-9-19-36)41-28-32-12-10-11-13-33(32)29-44-41/h1-29H. The van der Waals surface area contributed by atoms with Gasteiger partial charge in [0.05, 0.1) is 11.4 Å². The van der Waals surface area contributed by atoms with Gasteiger partial charge in [-0.05, 0) is 81.5 Å². The molecule has 3 heteroatoms. The van der Waals surface area contributed by atoms with E-state index < -0.39 is 0 Å². The van der Waals surface area contributed by atoms with E-state index in [0.29, 0.717) is 0 Å². The van der Waals surface area contributed by atoms with Crippen molar-refractivity contribution < 1.29 is 0 Å². The fourth-order valence-corrected chi connectivity index (χ4v) is 6.91. The van der Waals surface area contributed by atoms with Gasteiger partial charge < -0.3 is 4.90 Å². The van der Waals surface area contributed by atoms with Crippen molar-refractivity contribution in [2.24, 2.45) is 0 Å².